The van der Waals surface area contributed by atoms with Crippen molar-refractivity contribution in [1.82, 2.24) is 0 Å². The molecule has 0 aliphatic rings. The molecule has 5 aromatic rings. The number of ether oxygens (including phenoxy) is 3. The first-order chi connectivity index (χ1) is 17.8. The average Bonchev–Trinajstić information content (AvgIpc) is 2.91. The van der Waals surface area contributed by atoms with Crippen molar-refractivity contribution in [2.75, 3.05) is 14.2 Å². The summed E-state index contributed by atoms with van der Waals surface area (Å²) in [6, 6.07) is 20.5. The first-order valence-corrected chi connectivity index (χ1v) is 11.9. The third kappa shape index (κ3) is 5.32. The molecule has 7 nitrogen and oxygen atoms in total. The zero-order valence-corrected chi connectivity index (χ0v) is 21.8. The predicted molar refractivity (Wildman–Crippen MR) is 144 cm³/mol. The smallest absolute Gasteiger partial charge is 0.234 e. The zero-order valence-electron chi connectivity index (χ0n) is 21.0. The summed E-state index contributed by atoms with van der Waals surface area (Å²) in [4.78, 5) is 0. The van der Waals surface area contributed by atoms with Gasteiger partial charge in [-0.1, -0.05) is 41.9 Å². The Morgan fingerprint density at radius 2 is 1.22 bits per heavy atom. The summed E-state index contributed by atoms with van der Waals surface area (Å²) in [7, 11) is 3.17. The largest absolute Gasteiger partial charge is 0.618 e. The van der Waals surface area contributed by atoms with Gasteiger partial charge in [-0.2, -0.15) is 9.46 Å². The van der Waals surface area contributed by atoms with Gasteiger partial charge in [0, 0.05) is 12.1 Å². The third-order valence-electron chi connectivity index (χ3n) is 6.12. The van der Waals surface area contributed by atoms with Crippen molar-refractivity contribution in [3.63, 3.8) is 0 Å². The van der Waals surface area contributed by atoms with Gasteiger partial charge in [-0.05, 0) is 43.7 Å². The predicted octanol–water partition coefficient (Wildman–Crippen LogP) is 5.81. The molecule has 0 bridgehead atoms. The van der Waals surface area contributed by atoms with Crippen LogP contribution in [0.2, 0.25) is 5.02 Å². The maximum absolute atomic E-state index is 12.1. The lowest BCUT2D eigenvalue weighted by Gasteiger charge is -2.12. The molecule has 0 fully saturated rings. The molecular formula is C29H27ClN2O5. The van der Waals surface area contributed by atoms with E-state index in [1.54, 1.807) is 32.4 Å². The van der Waals surface area contributed by atoms with Crippen LogP contribution in [0.15, 0.2) is 79.1 Å². The minimum Gasteiger partial charge on any atom is -0.618 e. The van der Waals surface area contributed by atoms with Crippen LogP contribution in [0.25, 0.3) is 21.8 Å². The van der Waals surface area contributed by atoms with Crippen LogP contribution in [-0.4, -0.2) is 14.2 Å². The van der Waals surface area contributed by atoms with E-state index in [1.807, 2.05) is 62.4 Å². The van der Waals surface area contributed by atoms with Gasteiger partial charge < -0.3 is 24.6 Å². The molecule has 2 heterocycles. The number of rotatable bonds is 5. The molecule has 0 saturated carbocycles. The molecule has 0 saturated heterocycles. The van der Waals surface area contributed by atoms with Crippen molar-refractivity contribution in [3.8, 4) is 17.2 Å². The summed E-state index contributed by atoms with van der Waals surface area (Å²) < 4.78 is 18.0. The molecular weight excluding hydrogens is 492 g/mol. The Kier molecular flexibility index (Phi) is 7.84. The SMILES string of the molecule is COc1ccc2c(Cl)cc[n+]([O-])c2c1C.COc1ccc2c(OCc3ccccc3)cc[n+]([O-])c2c1C. The van der Waals surface area contributed by atoms with Crippen LogP contribution in [-0.2, 0) is 6.61 Å². The second-order valence-corrected chi connectivity index (χ2v) is 8.75. The maximum Gasteiger partial charge on any atom is 0.234 e. The van der Waals surface area contributed by atoms with Crippen molar-refractivity contribution in [2.45, 2.75) is 20.5 Å². The van der Waals surface area contributed by atoms with Gasteiger partial charge in [0.1, 0.15) is 23.9 Å². The molecule has 37 heavy (non-hydrogen) atoms. The quantitative estimate of drug-likeness (QED) is 0.216. The van der Waals surface area contributed by atoms with Crippen LogP contribution in [0.1, 0.15) is 16.7 Å². The van der Waals surface area contributed by atoms with Crippen molar-refractivity contribution < 1.29 is 23.7 Å². The number of nitrogens with zero attached hydrogens (tertiary/aromatic N) is 2. The van der Waals surface area contributed by atoms with E-state index in [4.69, 9.17) is 25.8 Å². The second kappa shape index (κ2) is 11.2. The highest BCUT2D eigenvalue weighted by Crippen LogP contribution is 2.31. The number of fused-ring (bicyclic) bond motifs is 2. The molecule has 0 aliphatic heterocycles. The van der Waals surface area contributed by atoms with E-state index in [2.05, 4.69) is 0 Å². The highest BCUT2D eigenvalue weighted by atomic mass is 35.5. The van der Waals surface area contributed by atoms with Crippen molar-refractivity contribution >= 4 is 33.4 Å². The molecule has 0 radical (unpaired) electrons. The van der Waals surface area contributed by atoms with Gasteiger partial charge in [0.15, 0.2) is 12.4 Å². The van der Waals surface area contributed by atoms with Gasteiger partial charge >= 0.3 is 0 Å². The number of hydrogen-bond acceptors (Lipinski definition) is 5. The van der Waals surface area contributed by atoms with E-state index < -0.39 is 0 Å². The number of halogens is 1. The summed E-state index contributed by atoms with van der Waals surface area (Å²) in [5, 5.41) is 25.8. The van der Waals surface area contributed by atoms with Crippen LogP contribution in [0.5, 0.6) is 17.2 Å². The molecule has 2 aromatic heterocycles. The average molecular weight is 519 g/mol. The van der Waals surface area contributed by atoms with Gasteiger partial charge in [0.05, 0.1) is 41.1 Å². The Hall–Kier alpha value is -4.23. The lowest BCUT2D eigenvalue weighted by Crippen LogP contribution is -2.27. The van der Waals surface area contributed by atoms with Crippen LogP contribution < -0.4 is 23.7 Å². The summed E-state index contributed by atoms with van der Waals surface area (Å²) in [6.07, 6.45) is 2.87. The number of hydrogen-bond donors (Lipinski definition) is 0. The maximum atomic E-state index is 12.1. The van der Waals surface area contributed by atoms with E-state index in [0.717, 1.165) is 36.9 Å². The highest BCUT2D eigenvalue weighted by Gasteiger charge is 2.16. The number of aryl methyl sites for hydroxylation is 2. The van der Waals surface area contributed by atoms with E-state index in [1.165, 1.54) is 12.4 Å². The molecule has 0 atom stereocenters. The van der Waals surface area contributed by atoms with Gasteiger partial charge in [-0.25, -0.2) is 0 Å². The molecule has 0 amide bonds. The van der Waals surface area contributed by atoms with Gasteiger partial charge in [-0.15, -0.1) is 0 Å². The van der Waals surface area contributed by atoms with Crippen LogP contribution in [0.4, 0.5) is 0 Å². The number of methoxy groups -OCH3 is 2. The normalized spacial score (nSPS) is 10.6. The Morgan fingerprint density at radius 3 is 1.81 bits per heavy atom. The van der Waals surface area contributed by atoms with Gasteiger partial charge in [0.25, 0.3) is 0 Å². The van der Waals surface area contributed by atoms with Crippen molar-refractivity contribution in [3.05, 3.63) is 111 Å². The fraction of sp³-hybridized carbons (Fsp3) is 0.172. The summed E-state index contributed by atoms with van der Waals surface area (Å²) in [6.45, 7) is 4.17. The van der Waals surface area contributed by atoms with E-state index in [0.29, 0.717) is 39.9 Å². The summed E-state index contributed by atoms with van der Waals surface area (Å²) >= 11 is 6.00. The fourth-order valence-corrected chi connectivity index (χ4v) is 4.43. The van der Waals surface area contributed by atoms with Crippen molar-refractivity contribution in [1.29, 1.82) is 0 Å². The fourth-order valence-electron chi connectivity index (χ4n) is 4.22. The van der Waals surface area contributed by atoms with Crippen molar-refractivity contribution in [2.24, 2.45) is 0 Å². The highest BCUT2D eigenvalue weighted by molar-refractivity contribution is 6.35. The van der Waals surface area contributed by atoms with E-state index in [9.17, 15) is 10.4 Å². The Balaban J connectivity index is 0.000000186. The molecule has 0 unspecified atom stereocenters. The Bertz CT molecular complexity index is 1560. The topological polar surface area (TPSA) is 81.6 Å². The molecule has 5 rings (SSSR count). The summed E-state index contributed by atoms with van der Waals surface area (Å²) in [5.41, 5.74) is 3.82. The van der Waals surface area contributed by atoms with E-state index >= 15 is 0 Å². The lowest BCUT2D eigenvalue weighted by atomic mass is 10.1. The van der Waals surface area contributed by atoms with Gasteiger partial charge in [0.2, 0.25) is 11.0 Å². The zero-order chi connectivity index (χ0) is 26.5. The number of aromatic nitrogens is 2. The molecule has 8 heteroatoms. The molecule has 190 valence electrons. The number of benzene rings is 3. The standard InChI is InChI=1S/C18H17NO3.C11H10ClNO2/c1-13-16(21-2)9-8-15-17(10-11-19(20)18(13)15)22-12-14-6-4-3-5-7-14;1-7-10(15-2)4-3-8-9(12)5-6-13(14)11(7)8/h3-11H,12H2,1-2H3;3-6H,1-2H3. The first-order valence-electron chi connectivity index (χ1n) is 11.6. The first kappa shape index (κ1) is 25.9. The number of pyridine rings is 2. The minimum atomic E-state index is 0.462. The Morgan fingerprint density at radius 1 is 0.676 bits per heavy atom. The molecule has 0 N–H and O–H groups in total. The van der Waals surface area contributed by atoms with Crippen LogP contribution >= 0.6 is 11.6 Å². The minimum absolute atomic E-state index is 0.462. The molecule has 0 spiro atoms. The van der Waals surface area contributed by atoms with Crippen LogP contribution in [0, 0.1) is 24.3 Å². The van der Waals surface area contributed by atoms with Crippen LogP contribution in [0.3, 0.4) is 0 Å². The van der Waals surface area contributed by atoms with Gasteiger partial charge in [-0.3, -0.25) is 0 Å². The van der Waals surface area contributed by atoms with E-state index in [-0.39, 0.29) is 0 Å². The lowest BCUT2D eigenvalue weighted by molar-refractivity contribution is -0.577. The molecule has 3 aromatic carbocycles. The Labute approximate surface area is 220 Å². The molecule has 0 aliphatic carbocycles. The third-order valence-corrected chi connectivity index (χ3v) is 6.45. The summed E-state index contributed by atoms with van der Waals surface area (Å²) in [5.74, 6) is 2.07. The monoisotopic (exact) mass is 518 g/mol. The second-order valence-electron chi connectivity index (χ2n) is 8.35.